The molecule has 0 bridgehead atoms. The smallest absolute Gasteiger partial charge is 0.266 e. The average Bonchev–Trinajstić information content (AvgIpc) is 2.83. The zero-order valence-electron chi connectivity index (χ0n) is 21.9. The molecule has 0 aliphatic heterocycles. The molecule has 0 radical (unpaired) electrons. The van der Waals surface area contributed by atoms with E-state index >= 15 is 0 Å². The summed E-state index contributed by atoms with van der Waals surface area (Å²) in [7, 11) is -2.32. The van der Waals surface area contributed by atoms with Crippen LogP contribution in [0.2, 0.25) is 0 Å². The van der Waals surface area contributed by atoms with E-state index in [0.29, 0.717) is 22.4 Å². The molecule has 1 atom stereocenters. The second-order valence-corrected chi connectivity index (χ2v) is 12.4. The fraction of sp³-hybridized carbons (Fsp3) is 0.310. The molecule has 0 N–H and O–H groups in total. The van der Waals surface area contributed by atoms with E-state index in [1.165, 1.54) is 11.4 Å². The highest BCUT2D eigenvalue weighted by molar-refractivity contribution is 7.89. The Kier molecular flexibility index (Phi) is 6.66. The van der Waals surface area contributed by atoms with Gasteiger partial charge in [-0.3, -0.25) is 9.36 Å². The van der Waals surface area contributed by atoms with Gasteiger partial charge in [0.1, 0.15) is 5.82 Å². The molecule has 0 aliphatic rings. The van der Waals surface area contributed by atoms with Crippen LogP contribution in [0.1, 0.15) is 56.3 Å². The number of aryl methyl sites for hydroxylation is 2. The Morgan fingerprint density at radius 2 is 1.58 bits per heavy atom. The van der Waals surface area contributed by atoms with Gasteiger partial charge in [-0.25, -0.2) is 13.4 Å². The van der Waals surface area contributed by atoms with E-state index in [-0.39, 0.29) is 15.9 Å². The molecule has 3 aromatic carbocycles. The standard InChI is InChI=1S/C29H33N3O3S/c1-19-12-17-26(20(2)18-19)32-27(30-25-11-9-8-10-24(25)28(32)33)21(3)31(7)36(34,35)23-15-13-22(14-16-23)29(4,5)6/h8-18,21H,1-7H3. The summed E-state index contributed by atoms with van der Waals surface area (Å²) in [5.74, 6) is 0.364. The van der Waals surface area contributed by atoms with Crippen LogP contribution in [0.15, 0.2) is 76.4 Å². The van der Waals surface area contributed by atoms with Crippen molar-refractivity contribution in [3.05, 3.63) is 99.6 Å². The molecule has 0 amide bonds. The minimum absolute atomic E-state index is 0.0849. The molecule has 0 saturated carbocycles. The van der Waals surface area contributed by atoms with Gasteiger partial charge in [0, 0.05) is 7.05 Å². The first-order valence-electron chi connectivity index (χ1n) is 12.0. The SMILES string of the molecule is Cc1ccc(-n2c(C(C)N(C)S(=O)(=O)c3ccc(C(C)(C)C)cc3)nc3ccccc3c2=O)c(C)c1. The first kappa shape index (κ1) is 25.8. The predicted octanol–water partition coefficient (Wildman–Crippen LogP) is 5.68. The summed E-state index contributed by atoms with van der Waals surface area (Å²) >= 11 is 0. The number of nitrogens with zero attached hydrogens (tertiary/aromatic N) is 3. The maximum absolute atomic E-state index is 13.7. The molecular weight excluding hydrogens is 470 g/mol. The lowest BCUT2D eigenvalue weighted by Crippen LogP contribution is -2.35. The lowest BCUT2D eigenvalue weighted by atomic mass is 9.87. The Morgan fingerprint density at radius 1 is 0.944 bits per heavy atom. The summed E-state index contributed by atoms with van der Waals surface area (Å²) in [5.41, 5.74) is 3.94. The van der Waals surface area contributed by atoms with Gasteiger partial charge in [0.2, 0.25) is 10.0 Å². The number of benzene rings is 3. The van der Waals surface area contributed by atoms with Crippen LogP contribution in [-0.4, -0.2) is 29.3 Å². The van der Waals surface area contributed by atoms with Gasteiger partial charge in [0.15, 0.2) is 0 Å². The van der Waals surface area contributed by atoms with Crippen LogP contribution in [0.3, 0.4) is 0 Å². The van der Waals surface area contributed by atoms with Crippen LogP contribution >= 0.6 is 0 Å². The summed E-state index contributed by atoms with van der Waals surface area (Å²) in [6.07, 6.45) is 0. The summed E-state index contributed by atoms with van der Waals surface area (Å²) < 4.78 is 30.1. The molecule has 7 heteroatoms. The fourth-order valence-corrected chi connectivity index (χ4v) is 5.71. The van der Waals surface area contributed by atoms with Gasteiger partial charge in [-0.2, -0.15) is 4.31 Å². The van der Waals surface area contributed by atoms with Crippen LogP contribution in [0.25, 0.3) is 16.6 Å². The number of aromatic nitrogens is 2. The lowest BCUT2D eigenvalue weighted by Gasteiger charge is -2.27. The minimum atomic E-state index is -3.85. The summed E-state index contributed by atoms with van der Waals surface area (Å²) in [6.45, 7) is 12.0. The Labute approximate surface area is 213 Å². The van der Waals surface area contributed by atoms with Gasteiger partial charge in [0.05, 0.1) is 27.5 Å². The molecule has 6 nitrogen and oxygen atoms in total. The second-order valence-electron chi connectivity index (χ2n) is 10.4. The van der Waals surface area contributed by atoms with Crippen LogP contribution in [-0.2, 0) is 15.4 Å². The maximum Gasteiger partial charge on any atom is 0.266 e. The van der Waals surface area contributed by atoms with Crippen molar-refractivity contribution < 1.29 is 8.42 Å². The third kappa shape index (κ3) is 4.61. The van der Waals surface area contributed by atoms with Crippen LogP contribution in [0.5, 0.6) is 0 Å². The van der Waals surface area contributed by atoms with Crippen molar-refractivity contribution in [2.24, 2.45) is 0 Å². The average molecular weight is 504 g/mol. The Morgan fingerprint density at radius 3 is 2.19 bits per heavy atom. The first-order chi connectivity index (χ1) is 16.8. The Bertz CT molecular complexity index is 1600. The highest BCUT2D eigenvalue weighted by Crippen LogP contribution is 2.29. The molecule has 4 aromatic rings. The van der Waals surface area contributed by atoms with Crippen molar-refractivity contribution in [2.75, 3.05) is 7.05 Å². The normalized spacial score (nSPS) is 13.3. The lowest BCUT2D eigenvalue weighted by molar-refractivity contribution is 0.379. The highest BCUT2D eigenvalue weighted by atomic mass is 32.2. The van der Waals surface area contributed by atoms with E-state index in [0.717, 1.165) is 16.7 Å². The van der Waals surface area contributed by atoms with Crippen molar-refractivity contribution in [3.63, 3.8) is 0 Å². The van der Waals surface area contributed by atoms with E-state index in [9.17, 15) is 13.2 Å². The zero-order chi connectivity index (χ0) is 26.4. The largest absolute Gasteiger partial charge is 0.268 e. The molecule has 188 valence electrons. The monoisotopic (exact) mass is 503 g/mol. The van der Waals surface area contributed by atoms with Gasteiger partial charge in [-0.05, 0) is 67.6 Å². The summed E-state index contributed by atoms with van der Waals surface area (Å²) in [4.78, 5) is 18.7. The number of para-hydroxylation sites is 1. The van der Waals surface area contributed by atoms with Crippen LogP contribution in [0.4, 0.5) is 0 Å². The van der Waals surface area contributed by atoms with Gasteiger partial charge in [0.25, 0.3) is 5.56 Å². The third-order valence-corrected chi connectivity index (χ3v) is 8.65. The molecule has 0 aliphatic carbocycles. The number of fused-ring (bicyclic) bond motifs is 1. The third-order valence-electron chi connectivity index (χ3n) is 6.71. The van der Waals surface area contributed by atoms with E-state index in [4.69, 9.17) is 4.98 Å². The minimum Gasteiger partial charge on any atom is -0.268 e. The summed E-state index contributed by atoms with van der Waals surface area (Å²) in [6, 6.07) is 19.3. The van der Waals surface area contributed by atoms with Crippen molar-refractivity contribution in [1.82, 2.24) is 13.9 Å². The van der Waals surface area contributed by atoms with E-state index < -0.39 is 16.1 Å². The zero-order valence-corrected chi connectivity index (χ0v) is 22.7. The van der Waals surface area contributed by atoms with Gasteiger partial charge >= 0.3 is 0 Å². The van der Waals surface area contributed by atoms with Gasteiger partial charge < -0.3 is 0 Å². The van der Waals surface area contributed by atoms with Crippen LogP contribution in [0, 0.1) is 13.8 Å². The molecule has 1 aromatic heterocycles. The molecule has 1 unspecified atom stereocenters. The Hall–Kier alpha value is -3.29. The van der Waals surface area contributed by atoms with Gasteiger partial charge in [-0.15, -0.1) is 0 Å². The van der Waals surface area contributed by atoms with E-state index in [2.05, 4.69) is 20.8 Å². The summed E-state index contributed by atoms with van der Waals surface area (Å²) in [5, 5.41) is 0.483. The van der Waals surface area contributed by atoms with E-state index in [1.807, 2.05) is 50.2 Å². The Balaban J connectivity index is 1.87. The number of hydrogen-bond donors (Lipinski definition) is 0. The van der Waals surface area contributed by atoms with Crippen LogP contribution < -0.4 is 5.56 Å². The second kappa shape index (κ2) is 9.30. The van der Waals surface area contributed by atoms with Crippen molar-refractivity contribution >= 4 is 20.9 Å². The maximum atomic E-state index is 13.7. The van der Waals surface area contributed by atoms with Crippen molar-refractivity contribution in [1.29, 1.82) is 0 Å². The fourth-order valence-electron chi connectivity index (χ4n) is 4.38. The molecule has 36 heavy (non-hydrogen) atoms. The van der Waals surface area contributed by atoms with E-state index in [1.54, 1.807) is 41.8 Å². The number of hydrogen-bond acceptors (Lipinski definition) is 4. The molecule has 0 fully saturated rings. The molecular formula is C29H33N3O3S. The van der Waals surface area contributed by atoms with Crippen molar-refractivity contribution in [3.8, 4) is 5.69 Å². The first-order valence-corrected chi connectivity index (χ1v) is 13.4. The van der Waals surface area contributed by atoms with Gasteiger partial charge in [-0.1, -0.05) is 62.7 Å². The highest BCUT2D eigenvalue weighted by Gasteiger charge is 2.30. The van der Waals surface area contributed by atoms with Crippen molar-refractivity contribution in [2.45, 2.75) is 57.9 Å². The number of rotatable bonds is 5. The molecule has 4 rings (SSSR count). The molecule has 1 heterocycles. The predicted molar refractivity (Wildman–Crippen MR) is 145 cm³/mol. The quantitative estimate of drug-likeness (QED) is 0.351. The number of sulfonamides is 1. The molecule has 0 saturated heterocycles. The topological polar surface area (TPSA) is 72.3 Å². The molecule has 0 spiro atoms.